The zero-order valence-corrected chi connectivity index (χ0v) is 18.4. The second kappa shape index (κ2) is 8.70. The Hall–Kier alpha value is -2.27. The van der Waals surface area contributed by atoms with E-state index in [0.717, 1.165) is 12.0 Å². The molecule has 2 aliphatic rings. The molecule has 0 radical (unpaired) electrons. The fourth-order valence-corrected chi connectivity index (χ4v) is 6.87. The van der Waals surface area contributed by atoms with Gasteiger partial charge in [-0.1, -0.05) is 42.5 Å². The number of hydrogen-bond acceptors (Lipinski definition) is 4. The summed E-state index contributed by atoms with van der Waals surface area (Å²) in [5.74, 6) is -0.470. The molecule has 2 atom stereocenters. The van der Waals surface area contributed by atoms with Crippen LogP contribution in [-0.4, -0.2) is 32.0 Å². The van der Waals surface area contributed by atoms with E-state index in [1.54, 1.807) is 12.1 Å². The Morgan fingerprint density at radius 2 is 1.87 bits per heavy atom. The van der Waals surface area contributed by atoms with Crippen molar-refractivity contribution in [2.24, 2.45) is 0 Å². The summed E-state index contributed by atoms with van der Waals surface area (Å²) < 4.78 is 48.7. The van der Waals surface area contributed by atoms with Crippen molar-refractivity contribution in [1.29, 1.82) is 5.26 Å². The van der Waals surface area contributed by atoms with Gasteiger partial charge in [-0.3, -0.25) is 0 Å². The molecule has 4 rings (SSSR count). The van der Waals surface area contributed by atoms with Gasteiger partial charge in [-0.15, -0.1) is 0 Å². The molecule has 0 saturated carbocycles. The van der Waals surface area contributed by atoms with Crippen LogP contribution in [-0.2, 0) is 26.7 Å². The number of hydrogen-bond donors (Lipinski definition) is 0. The van der Waals surface area contributed by atoms with Crippen molar-refractivity contribution >= 4 is 10.0 Å². The number of benzene rings is 2. The molecule has 2 aliphatic heterocycles. The molecule has 5 nitrogen and oxygen atoms in total. The first-order valence-electron chi connectivity index (χ1n) is 10.7. The highest BCUT2D eigenvalue weighted by atomic mass is 32.2. The molecule has 2 saturated heterocycles. The van der Waals surface area contributed by atoms with Crippen molar-refractivity contribution in [2.75, 3.05) is 13.2 Å². The molecule has 164 valence electrons. The van der Waals surface area contributed by atoms with Crippen LogP contribution < -0.4 is 0 Å². The summed E-state index contributed by atoms with van der Waals surface area (Å²) in [6, 6.07) is 16.2. The van der Waals surface area contributed by atoms with Crippen LogP contribution in [0.1, 0.15) is 54.5 Å². The van der Waals surface area contributed by atoms with Gasteiger partial charge in [0.25, 0.3) is 0 Å². The second-order valence-corrected chi connectivity index (χ2v) is 10.6. The van der Waals surface area contributed by atoms with Crippen molar-refractivity contribution in [2.45, 2.75) is 55.9 Å². The monoisotopic (exact) mass is 442 g/mol. The molecule has 31 heavy (non-hydrogen) atoms. The molecule has 0 amide bonds. The van der Waals surface area contributed by atoms with Crippen LogP contribution in [0.4, 0.5) is 4.39 Å². The van der Waals surface area contributed by atoms with Gasteiger partial charge < -0.3 is 4.74 Å². The zero-order chi connectivity index (χ0) is 22.1. The van der Waals surface area contributed by atoms with Gasteiger partial charge in [-0.05, 0) is 49.8 Å². The Labute approximate surface area is 183 Å². The van der Waals surface area contributed by atoms with E-state index in [9.17, 15) is 13.7 Å². The predicted molar refractivity (Wildman–Crippen MR) is 116 cm³/mol. The molecule has 2 heterocycles. The molecular formula is C24H27FN2O3S. The smallest absolute Gasteiger partial charge is 0.221 e. The minimum absolute atomic E-state index is 0.0123. The predicted octanol–water partition coefficient (Wildman–Crippen LogP) is 4.45. The minimum Gasteiger partial charge on any atom is -0.381 e. The Kier molecular flexibility index (Phi) is 6.16. The van der Waals surface area contributed by atoms with Gasteiger partial charge in [-0.2, -0.15) is 9.57 Å². The van der Waals surface area contributed by atoms with E-state index in [1.807, 2.05) is 37.3 Å². The van der Waals surface area contributed by atoms with Gasteiger partial charge >= 0.3 is 0 Å². The molecule has 0 spiro atoms. The van der Waals surface area contributed by atoms with Crippen molar-refractivity contribution in [1.82, 2.24) is 4.31 Å². The summed E-state index contributed by atoms with van der Waals surface area (Å²) in [7, 11) is -3.63. The maximum Gasteiger partial charge on any atom is 0.221 e. The van der Waals surface area contributed by atoms with E-state index in [4.69, 9.17) is 4.74 Å². The normalized spacial score (nSPS) is 25.6. The second-order valence-electron chi connectivity index (χ2n) is 8.53. The molecule has 0 bridgehead atoms. The van der Waals surface area contributed by atoms with Crippen LogP contribution in [0.5, 0.6) is 0 Å². The lowest BCUT2D eigenvalue weighted by Gasteiger charge is -2.37. The third-order valence-corrected chi connectivity index (χ3v) is 9.06. The maximum absolute atomic E-state index is 15.1. The molecule has 0 aromatic heterocycles. The van der Waals surface area contributed by atoms with Crippen LogP contribution in [0.3, 0.4) is 0 Å². The van der Waals surface area contributed by atoms with Crippen LogP contribution in [0, 0.1) is 17.1 Å². The van der Waals surface area contributed by atoms with Crippen molar-refractivity contribution < 1.29 is 17.5 Å². The fraction of sp³-hybridized carbons (Fsp3) is 0.458. The molecule has 0 aliphatic carbocycles. The summed E-state index contributed by atoms with van der Waals surface area (Å²) in [4.78, 5) is 0. The first-order valence-corrected chi connectivity index (χ1v) is 12.2. The maximum atomic E-state index is 15.1. The highest BCUT2D eigenvalue weighted by Crippen LogP contribution is 2.39. The van der Waals surface area contributed by atoms with Gasteiger partial charge in [0, 0.05) is 31.4 Å². The molecular weight excluding hydrogens is 415 g/mol. The van der Waals surface area contributed by atoms with Crippen LogP contribution in [0.2, 0.25) is 0 Å². The lowest BCUT2D eigenvalue weighted by molar-refractivity contribution is 0.0674. The van der Waals surface area contributed by atoms with E-state index in [2.05, 4.69) is 6.07 Å². The van der Waals surface area contributed by atoms with E-state index >= 15 is 4.39 Å². The Morgan fingerprint density at radius 3 is 2.52 bits per heavy atom. The van der Waals surface area contributed by atoms with E-state index in [0.29, 0.717) is 43.6 Å². The summed E-state index contributed by atoms with van der Waals surface area (Å²) in [6.45, 7) is 2.81. The highest BCUT2D eigenvalue weighted by Gasteiger charge is 2.41. The van der Waals surface area contributed by atoms with Crippen molar-refractivity contribution in [3.8, 4) is 6.07 Å². The van der Waals surface area contributed by atoms with Crippen LogP contribution in [0.15, 0.2) is 48.5 Å². The minimum atomic E-state index is -3.63. The van der Waals surface area contributed by atoms with Crippen LogP contribution >= 0.6 is 0 Å². The van der Waals surface area contributed by atoms with Gasteiger partial charge in [0.1, 0.15) is 11.1 Å². The summed E-state index contributed by atoms with van der Waals surface area (Å²) in [5.41, 5.74) is 0.982. The lowest BCUT2D eigenvalue weighted by atomic mass is 9.75. The average Bonchev–Trinajstić information content (AvgIpc) is 2.78. The summed E-state index contributed by atoms with van der Waals surface area (Å²) >= 11 is 0. The van der Waals surface area contributed by atoms with E-state index in [-0.39, 0.29) is 12.6 Å². The molecule has 0 unspecified atom stereocenters. The number of nitrogens with zero attached hydrogens (tertiary/aromatic N) is 2. The zero-order valence-electron chi connectivity index (χ0n) is 17.6. The summed E-state index contributed by atoms with van der Waals surface area (Å²) in [6.07, 6.45) is 2.32. The Bertz CT molecular complexity index is 1080. The van der Waals surface area contributed by atoms with Gasteiger partial charge in [0.05, 0.1) is 11.5 Å². The summed E-state index contributed by atoms with van der Waals surface area (Å²) in [5, 5.41) is 9.13. The van der Waals surface area contributed by atoms with Crippen LogP contribution in [0.25, 0.3) is 0 Å². The average molecular weight is 443 g/mol. The fourth-order valence-electron chi connectivity index (χ4n) is 4.68. The first-order chi connectivity index (χ1) is 14.9. The standard InChI is InChI=1S/C24H27FN2O3S/c1-18-7-10-23(19-5-3-2-4-6-19)31(28,29)27(18)16-20-8-9-21(15-22(20)25)24(17-26)11-13-30-14-12-24/h2-6,8-9,15,18,23H,7,10-14,16H2,1H3/t18-,23+/m0/s1. The number of rotatable bonds is 4. The molecule has 7 heteroatoms. The molecule has 0 N–H and O–H groups in total. The number of halogens is 1. The SMILES string of the molecule is C[C@H]1CC[C@H](c2ccccc2)S(=O)(=O)N1Cc1ccc(C2(C#N)CCOCC2)cc1F. The van der Waals surface area contributed by atoms with E-state index in [1.165, 1.54) is 10.4 Å². The van der Waals surface area contributed by atoms with E-state index < -0.39 is 26.5 Å². The van der Waals surface area contributed by atoms with Gasteiger partial charge in [0.2, 0.25) is 10.0 Å². The van der Waals surface area contributed by atoms with Crippen molar-refractivity contribution in [3.63, 3.8) is 0 Å². The van der Waals surface area contributed by atoms with Crippen molar-refractivity contribution in [3.05, 3.63) is 71.0 Å². The molecule has 2 aromatic rings. The topological polar surface area (TPSA) is 70.4 Å². The van der Waals surface area contributed by atoms with Gasteiger partial charge in [-0.25, -0.2) is 12.8 Å². The first kappa shape index (κ1) is 21.9. The van der Waals surface area contributed by atoms with Gasteiger partial charge in [0.15, 0.2) is 0 Å². The quantitative estimate of drug-likeness (QED) is 0.701. The third kappa shape index (κ3) is 4.12. The largest absolute Gasteiger partial charge is 0.381 e. The molecule has 2 fully saturated rings. The number of nitriles is 1. The third-order valence-electron chi connectivity index (χ3n) is 6.69. The lowest BCUT2D eigenvalue weighted by Crippen LogP contribution is -2.44. The molecule has 2 aromatic carbocycles. The highest BCUT2D eigenvalue weighted by molar-refractivity contribution is 7.89. The number of ether oxygens (including phenoxy) is 1. The Balaban J connectivity index is 1.61. The Morgan fingerprint density at radius 1 is 1.16 bits per heavy atom. The number of sulfonamides is 1.